The summed E-state index contributed by atoms with van der Waals surface area (Å²) in [6.45, 7) is 1.82. The van der Waals surface area contributed by atoms with Crippen LogP contribution in [0.4, 0.5) is 5.69 Å². The number of nitrogens with one attached hydrogen (secondary N) is 1. The summed E-state index contributed by atoms with van der Waals surface area (Å²) in [6.07, 6.45) is 5.92. The van der Waals surface area contributed by atoms with Crippen LogP contribution in [0.2, 0.25) is 0 Å². The van der Waals surface area contributed by atoms with E-state index in [1.165, 1.54) is 0 Å². The molecule has 32 heavy (non-hydrogen) atoms. The van der Waals surface area contributed by atoms with Gasteiger partial charge in [-0.15, -0.1) is 0 Å². The molecule has 1 saturated heterocycles. The van der Waals surface area contributed by atoms with Gasteiger partial charge in [-0.25, -0.2) is 0 Å². The van der Waals surface area contributed by atoms with Crippen LogP contribution in [0.5, 0.6) is 0 Å². The van der Waals surface area contributed by atoms with Crippen molar-refractivity contribution in [3.63, 3.8) is 0 Å². The Morgan fingerprint density at radius 1 is 1.06 bits per heavy atom. The maximum absolute atomic E-state index is 11.7. The zero-order valence-electron chi connectivity index (χ0n) is 17.6. The number of fused-ring (bicyclic) bond motifs is 1. The van der Waals surface area contributed by atoms with Crippen molar-refractivity contribution in [2.24, 2.45) is 11.0 Å². The first-order valence-electron chi connectivity index (χ1n) is 11.0. The summed E-state index contributed by atoms with van der Waals surface area (Å²) in [5, 5.41) is 5.53. The van der Waals surface area contributed by atoms with Crippen molar-refractivity contribution in [3.8, 4) is 11.1 Å². The summed E-state index contributed by atoms with van der Waals surface area (Å²) < 4.78 is 5.43. The highest BCUT2D eigenvalue weighted by molar-refractivity contribution is 6.02. The van der Waals surface area contributed by atoms with E-state index in [9.17, 15) is 9.59 Å². The number of nitrogens with zero attached hydrogens (tertiary/aromatic N) is 3. The van der Waals surface area contributed by atoms with Gasteiger partial charge in [-0.05, 0) is 60.2 Å². The number of likely N-dealkylation sites (tertiary alicyclic amines) is 1. The molecule has 1 saturated carbocycles. The van der Waals surface area contributed by atoms with Gasteiger partial charge in [-0.1, -0.05) is 18.2 Å². The third-order valence-electron chi connectivity index (χ3n) is 6.98. The van der Waals surface area contributed by atoms with Gasteiger partial charge in [0.05, 0.1) is 11.8 Å². The highest BCUT2D eigenvalue weighted by atomic mass is 16.3. The van der Waals surface area contributed by atoms with Crippen LogP contribution in [0, 0.1) is 5.92 Å². The largest absolute Gasteiger partial charge is 0.464 e. The van der Waals surface area contributed by atoms with Crippen LogP contribution in [0.15, 0.2) is 64.3 Å². The number of amidine groups is 1. The number of anilines is 1. The van der Waals surface area contributed by atoms with E-state index in [0.29, 0.717) is 5.92 Å². The third kappa shape index (κ3) is 3.12. The van der Waals surface area contributed by atoms with E-state index in [2.05, 4.69) is 33.6 Å². The van der Waals surface area contributed by atoms with E-state index >= 15 is 0 Å². The SMILES string of the molecule is O=CC1NN=C(CC2CN(C3(C=O)CC3)C2)N1c1ccc(-c2ccc3occc3c2)cc1. The molecule has 0 amide bonds. The van der Waals surface area contributed by atoms with Gasteiger partial charge in [-0.3, -0.25) is 20.0 Å². The molecule has 7 heteroatoms. The Hall–Kier alpha value is -3.45. The van der Waals surface area contributed by atoms with E-state index in [-0.39, 0.29) is 5.54 Å². The van der Waals surface area contributed by atoms with Gasteiger partial charge in [0, 0.05) is 30.6 Å². The normalized spacial score (nSPS) is 22.3. The summed E-state index contributed by atoms with van der Waals surface area (Å²) in [4.78, 5) is 27.3. The molecule has 162 valence electrons. The molecule has 1 aromatic heterocycles. The van der Waals surface area contributed by atoms with Gasteiger partial charge in [0.15, 0.2) is 12.5 Å². The molecule has 3 aliphatic rings. The van der Waals surface area contributed by atoms with Gasteiger partial charge in [0.2, 0.25) is 0 Å². The zero-order chi connectivity index (χ0) is 21.7. The lowest BCUT2D eigenvalue weighted by molar-refractivity contribution is -0.116. The van der Waals surface area contributed by atoms with Crippen LogP contribution in [0.1, 0.15) is 19.3 Å². The van der Waals surface area contributed by atoms with Crippen LogP contribution >= 0.6 is 0 Å². The summed E-state index contributed by atoms with van der Waals surface area (Å²) in [7, 11) is 0. The molecular formula is C25H24N4O3. The number of hydrogen-bond acceptors (Lipinski definition) is 7. The Morgan fingerprint density at radius 2 is 1.84 bits per heavy atom. The van der Waals surface area contributed by atoms with Crippen molar-refractivity contribution < 1.29 is 14.0 Å². The fraction of sp³-hybridized carbons (Fsp3) is 0.320. The fourth-order valence-corrected chi connectivity index (χ4v) is 4.88. The van der Waals surface area contributed by atoms with Gasteiger partial charge >= 0.3 is 0 Å². The minimum absolute atomic E-state index is 0.188. The van der Waals surface area contributed by atoms with Crippen molar-refractivity contribution in [3.05, 3.63) is 54.8 Å². The molecule has 1 N–H and O–H groups in total. The molecule has 2 fully saturated rings. The second-order valence-electron chi connectivity index (χ2n) is 9.02. The van der Waals surface area contributed by atoms with Gasteiger partial charge in [0.25, 0.3) is 0 Å². The third-order valence-corrected chi connectivity index (χ3v) is 6.98. The molecular weight excluding hydrogens is 404 g/mol. The number of hydrazone groups is 1. The number of rotatable bonds is 7. The molecule has 3 aromatic rings. The Balaban J connectivity index is 1.18. The molecule has 6 rings (SSSR count). The predicted molar refractivity (Wildman–Crippen MR) is 122 cm³/mol. The van der Waals surface area contributed by atoms with Gasteiger partial charge < -0.3 is 9.21 Å². The van der Waals surface area contributed by atoms with Crippen LogP contribution < -0.4 is 10.3 Å². The first-order valence-corrected chi connectivity index (χ1v) is 11.0. The molecule has 2 aromatic carbocycles. The topological polar surface area (TPSA) is 78.2 Å². The van der Waals surface area contributed by atoms with Crippen molar-refractivity contribution in [1.82, 2.24) is 10.3 Å². The number of furan rings is 1. The van der Waals surface area contributed by atoms with Crippen LogP contribution in [-0.2, 0) is 9.59 Å². The molecule has 3 heterocycles. The van der Waals surface area contributed by atoms with Crippen molar-refractivity contribution in [1.29, 1.82) is 0 Å². The quantitative estimate of drug-likeness (QED) is 0.581. The van der Waals surface area contributed by atoms with Crippen molar-refractivity contribution in [2.75, 3.05) is 18.0 Å². The first-order chi connectivity index (χ1) is 15.7. The highest BCUT2D eigenvalue weighted by Crippen LogP contribution is 2.44. The molecule has 1 unspecified atom stereocenters. The molecule has 2 aliphatic heterocycles. The van der Waals surface area contributed by atoms with Gasteiger partial charge in [0.1, 0.15) is 17.7 Å². The minimum atomic E-state index is -0.501. The fourth-order valence-electron chi connectivity index (χ4n) is 4.88. The maximum Gasteiger partial charge on any atom is 0.177 e. The second kappa shape index (κ2) is 7.31. The molecule has 1 aliphatic carbocycles. The number of hydrogen-bond donors (Lipinski definition) is 1. The summed E-state index contributed by atoms with van der Waals surface area (Å²) >= 11 is 0. The maximum atomic E-state index is 11.7. The lowest BCUT2D eigenvalue weighted by Crippen LogP contribution is -2.55. The summed E-state index contributed by atoms with van der Waals surface area (Å²) in [6, 6.07) is 16.3. The van der Waals surface area contributed by atoms with Crippen LogP contribution in [0.3, 0.4) is 0 Å². The summed E-state index contributed by atoms with van der Waals surface area (Å²) in [5.41, 5.74) is 6.79. The average Bonchev–Trinajstić information content (AvgIpc) is 3.25. The number of carbonyl (C=O) groups excluding carboxylic acids is 2. The minimum Gasteiger partial charge on any atom is -0.464 e. The zero-order valence-corrected chi connectivity index (χ0v) is 17.6. The molecule has 1 atom stereocenters. The smallest absolute Gasteiger partial charge is 0.177 e. The predicted octanol–water partition coefficient (Wildman–Crippen LogP) is 3.40. The van der Waals surface area contributed by atoms with E-state index in [1.807, 2.05) is 35.2 Å². The average molecular weight is 428 g/mol. The van der Waals surface area contributed by atoms with Gasteiger partial charge in [-0.2, -0.15) is 5.10 Å². The first kappa shape index (κ1) is 19.3. The Kier molecular flexibility index (Phi) is 4.40. The van der Waals surface area contributed by atoms with E-state index in [4.69, 9.17) is 4.42 Å². The number of carbonyl (C=O) groups is 2. The van der Waals surface area contributed by atoms with Crippen LogP contribution in [-0.4, -0.2) is 48.1 Å². The second-order valence-corrected chi connectivity index (χ2v) is 9.02. The van der Waals surface area contributed by atoms with E-state index in [1.54, 1.807) is 6.26 Å². The number of benzene rings is 2. The monoisotopic (exact) mass is 428 g/mol. The van der Waals surface area contributed by atoms with E-state index < -0.39 is 6.17 Å². The van der Waals surface area contributed by atoms with E-state index in [0.717, 1.165) is 78.5 Å². The van der Waals surface area contributed by atoms with Crippen LogP contribution in [0.25, 0.3) is 22.1 Å². The highest BCUT2D eigenvalue weighted by Gasteiger charge is 2.52. The number of aldehydes is 2. The molecule has 0 radical (unpaired) electrons. The Labute approximate surface area is 185 Å². The lowest BCUT2D eigenvalue weighted by atomic mass is 9.92. The standard InChI is InChI=1S/C25H24N4O3/c30-15-24-27-26-23(11-17-13-28(14-17)25(16-31)8-9-25)29(24)21-4-1-18(2-5-21)19-3-6-22-20(12-19)7-10-32-22/h1-7,10,12,15-17,24,27H,8-9,11,13-14H2. The van der Waals surface area contributed by atoms with Crippen molar-refractivity contribution in [2.45, 2.75) is 31.0 Å². The molecule has 0 spiro atoms. The molecule has 0 bridgehead atoms. The van der Waals surface area contributed by atoms with Crippen molar-refractivity contribution >= 4 is 35.1 Å². The summed E-state index contributed by atoms with van der Waals surface area (Å²) in [5.74, 6) is 1.32. The lowest BCUT2D eigenvalue weighted by Gasteiger charge is -2.43. The Bertz CT molecular complexity index is 1210. The Morgan fingerprint density at radius 3 is 2.56 bits per heavy atom. The molecule has 7 nitrogen and oxygen atoms in total.